The number of likely N-dealkylation sites (tertiary alicyclic amines) is 1. The highest BCUT2D eigenvalue weighted by Crippen LogP contribution is 2.24. The van der Waals surface area contributed by atoms with E-state index in [2.05, 4.69) is 37.4 Å². The molecule has 0 amide bonds. The molecule has 3 heterocycles. The van der Waals surface area contributed by atoms with Gasteiger partial charge in [0.25, 0.3) is 0 Å². The van der Waals surface area contributed by atoms with E-state index in [4.69, 9.17) is 0 Å². The van der Waals surface area contributed by atoms with Crippen LogP contribution in [-0.4, -0.2) is 44.7 Å². The molecule has 2 aromatic heterocycles. The van der Waals surface area contributed by atoms with Crippen LogP contribution >= 0.6 is 11.3 Å². The maximum Gasteiger partial charge on any atom is 0.155 e. The minimum atomic E-state index is 0.478. The minimum absolute atomic E-state index is 0.478. The largest absolute Gasteiger partial charge is 0.302 e. The van der Waals surface area contributed by atoms with Gasteiger partial charge in [0.1, 0.15) is 5.82 Å². The molecule has 2 aromatic rings. The molecule has 1 fully saturated rings. The van der Waals surface area contributed by atoms with Crippen molar-refractivity contribution in [3.63, 3.8) is 0 Å². The number of aromatic nitrogens is 4. The van der Waals surface area contributed by atoms with E-state index < -0.39 is 0 Å². The molecule has 0 spiro atoms. The van der Waals surface area contributed by atoms with Gasteiger partial charge in [-0.1, -0.05) is 0 Å². The molecule has 3 rings (SSSR count). The average molecular weight is 291 g/mol. The van der Waals surface area contributed by atoms with Gasteiger partial charge in [0.2, 0.25) is 0 Å². The number of aromatic amines is 1. The van der Waals surface area contributed by atoms with Gasteiger partial charge >= 0.3 is 0 Å². The molecule has 1 N–H and O–H groups in total. The molecule has 1 atom stereocenters. The Balaban J connectivity index is 1.55. The fourth-order valence-electron chi connectivity index (χ4n) is 2.81. The van der Waals surface area contributed by atoms with E-state index in [1.807, 2.05) is 6.92 Å². The van der Waals surface area contributed by atoms with Crippen molar-refractivity contribution in [1.82, 2.24) is 25.1 Å². The van der Waals surface area contributed by atoms with Gasteiger partial charge in [-0.2, -0.15) is 5.10 Å². The highest BCUT2D eigenvalue weighted by atomic mass is 32.1. The summed E-state index contributed by atoms with van der Waals surface area (Å²) in [5, 5.41) is 10.6. The molecule has 1 aliphatic heterocycles. The molecule has 6 heteroatoms. The van der Waals surface area contributed by atoms with Crippen molar-refractivity contribution in [2.75, 3.05) is 19.6 Å². The Morgan fingerprint density at radius 2 is 2.30 bits per heavy atom. The van der Waals surface area contributed by atoms with E-state index in [0.29, 0.717) is 5.92 Å². The molecule has 0 aromatic carbocycles. The molecule has 0 bridgehead atoms. The van der Waals surface area contributed by atoms with Gasteiger partial charge in [0.15, 0.2) is 5.82 Å². The van der Waals surface area contributed by atoms with Crippen molar-refractivity contribution >= 4 is 11.3 Å². The number of thiazole rings is 1. The molecule has 5 nitrogen and oxygen atoms in total. The third-order valence-corrected chi connectivity index (χ3v) is 4.66. The molecule has 0 aliphatic carbocycles. The number of nitrogens with zero attached hydrogens (tertiary/aromatic N) is 4. The zero-order valence-corrected chi connectivity index (χ0v) is 12.9. The number of H-pyrrole nitrogens is 1. The number of hydrogen-bond acceptors (Lipinski definition) is 5. The van der Waals surface area contributed by atoms with E-state index >= 15 is 0 Å². The van der Waals surface area contributed by atoms with Crippen LogP contribution < -0.4 is 0 Å². The standard InChI is InChI=1S/C14H21N5S/c1-10-15-14(18-17-10)12-4-3-6-19(8-12)7-5-13-9-20-11(2)16-13/h9,12H,3-8H2,1-2H3,(H,15,17,18)/t12-/m0/s1. The second-order valence-electron chi connectivity index (χ2n) is 5.53. The van der Waals surface area contributed by atoms with Crippen molar-refractivity contribution in [3.8, 4) is 0 Å². The van der Waals surface area contributed by atoms with E-state index in [1.165, 1.54) is 25.1 Å². The third kappa shape index (κ3) is 3.24. The first-order valence-corrected chi connectivity index (χ1v) is 8.11. The van der Waals surface area contributed by atoms with Gasteiger partial charge in [-0.25, -0.2) is 9.97 Å². The highest BCUT2D eigenvalue weighted by Gasteiger charge is 2.24. The zero-order valence-electron chi connectivity index (χ0n) is 12.1. The van der Waals surface area contributed by atoms with Crippen LogP contribution in [0.3, 0.4) is 0 Å². The van der Waals surface area contributed by atoms with Crippen molar-refractivity contribution in [3.05, 3.63) is 27.7 Å². The lowest BCUT2D eigenvalue weighted by Crippen LogP contribution is -2.36. The van der Waals surface area contributed by atoms with Crippen molar-refractivity contribution < 1.29 is 0 Å². The van der Waals surface area contributed by atoms with Crippen LogP contribution in [0, 0.1) is 13.8 Å². The Labute approximate surface area is 123 Å². The number of hydrogen-bond donors (Lipinski definition) is 1. The van der Waals surface area contributed by atoms with Crippen molar-refractivity contribution in [1.29, 1.82) is 0 Å². The first kappa shape index (κ1) is 13.7. The fourth-order valence-corrected chi connectivity index (χ4v) is 3.45. The summed E-state index contributed by atoms with van der Waals surface area (Å²) >= 11 is 1.74. The van der Waals surface area contributed by atoms with Gasteiger partial charge in [0, 0.05) is 30.8 Å². The lowest BCUT2D eigenvalue weighted by Gasteiger charge is -2.31. The Hall–Kier alpha value is -1.27. The van der Waals surface area contributed by atoms with E-state index in [9.17, 15) is 0 Å². The predicted octanol–water partition coefficient (Wildman–Crippen LogP) is 2.30. The third-order valence-electron chi connectivity index (χ3n) is 3.84. The van der Waals surface area contributed by atoms with Gasteiger partial charge in [0.05, 0.1) is 10.7 Å². The normalized spacial score (nSPS) is 20.4. The van der Waals surface area contributed by atoms with Gasteiger partial charge in [-0.3, -0.25) is 5.10 Å². The van der Waals surface area contributed by atoms with E-state index in [1.54, 1.807) is 11.3 Å². The second-order valence-corrected chi connectivity index (χ2v) is 6.59. The first-order chi connectivity index (χ1) is 9.70. The minimum Gasteiger partial charge on any atom is -0.302 e. The summed E-state index contributed by atoms with van der Waals surface area (Å²) in [4.78, 5) is 11.5. The lowest BCUT2D eigenvalue weighted by molar-refractivity contribution is 0.206. The van der Waals surface area contributed by atoms with E-state index in [-0.39, 0.29) is 0 Å². The second kappa shape index (κ2) is 6.01. The number of nitrogens with one attached hydrogen (secondary N) is 1. The van der Waals surface area contributed by atoms with Crippen LogP contribution in [0.15, 0.2) is 5.38 Å². The first-order valence-electron chi connectivity index (χ1n) is 7.23. The SMILES string of the molecule is Cc1nc([C@H]2CCCN(CCc3csc(C)n3)C2)n[nH]1. The zero-order chi connectivity index (χ0) is 13.9. The topological polar surface area (TPSA) is 57.7 Å². The molecule has 108 valence electrons. The molecule has 1 saturated heterocycles. The van der Waals surface area contributed by atoms with Crippen LogP contribution in [0.25, 0.3) is 0 Å². The highest BCUT2D eigenvalue weighted by molar-refractivity contribution is 7.09. The Kier molecular flexibility index (Phi) is 4.12. The Morgan fingerprint density at radius 3 is 3.00 bits per heavy atom. The fraction of sp³-hybridized carbons (Fsp3) is 0.643. The van der Waals surface area contributed by atoms with Crippen LogP contribution in [0.4, 0.5) is 0 Å². The molecular weight excluding hydrogens is 270 g/mol. The molecule has 0 radical (unpaired) electrons. The molecule has 0 unspecified atom stereocenters. The maximum atomic E-state index is 4.54. The summed E-state index contributed by atoms with van der Waals surface area (Å²) in [6, 6.07) is 0. The molecule has 20 heavy (non-hydrogen) atoms. The van der Waals surface area contributed by atoms with Gasteiger partial charge in [-0.15, -0.1) is 11.3 Å². The molecular formula is C14H21N5S. The molecule has 0 saturated carbocycles. The average Bonchev–Trinajstić information content (AvgIpc) is 3.06. The lowest BCUT2D eigenvalue weighted by atomic mass is 9.97. The summed E-state index contributed by atoms with van der Waals surface area (Å²) in [5.41, 5.74) is 1.23. The Bertz CT molecular complexity index is 561. The van der Waals surface area contributed by atoms with Crippen LogP contribution in [-0.2, 0) is 6.42 Å². The van der Waals surface area contributed by atoms with Crippen LogP contribution in [0.5, 0.6) is 0 Å². The summed E-state index contributed by atoms with van der Waals surface area (Å²) in [7, 11) is 0. The van der Waals surface area contributed by atoms with Crippen LogP contribution in [0.2, 0.25) is 0 Å². The van der Waals surface area contributed by atoms with Crippen molar-refractivity contribution in [2.45, 2.75) is 39.0 Å². The summed E-state index contributed by atoms with van der Waals surface area (Å²) in [6.45, 7) is 7.37. The van der Waals surface area contributed by atoms with Crippen LogP contribution in [0.1, 0.15) is 41.1 Å². The quantitative estimate of drug-likeness (QED) is 0.939. The van der Waals surface area contributed by atoms with Gasteiger partial charge < -0.3 is 4.90 Å². The predicted molar refractivity (Wildman–Crippen MR) is 80.1 cm³/mol. The maximum absolute atomic E-state index is 4.54. The molecule has 1 aliphatic rings. The number of rotatable bonds is 4. The summed E-state index contributed by atoms with van der Waals surface area (Å²) in [6.07, 6.45) is 3.47. The number of aryl methyl sites for hydroxylation is 2. The summed E-state index contributed by atoms with van der Waals surface area (Å²) in [5.74, 6) is 2.37. The van der Waals surface area contributed by atoms with Crippen molar-refractivity contribution in [2.24, 2.45) is 0 Å². The smallest absolute Gasteiger partial charge is 0.155 e. The Morgan fingerprint density at radius 1 is 1.40 bits per heavy atom. The number of piperidine rings is 1. The monoisotopic (exact) mass is 291 g/mol. The van der Waals surface area contributed by atoms with Gasteiger partial charge in [-0.05, 0) is 33.2 Å². The van der Waals surface area contributed by atoms with E-state index in [0.717, 1.165) is 36.2 Å². The summed E-state index contributed by atoms with van der Waals surface area (Å²) < 4.78 is 0.